The van der Waals surface area contributed by atoms with Crippen molar-refractivity contribution in [2.45, 2.75) is 32.7 Å². The molecular formula is C21H24N2O2. The molecule has 2 amide bonds. The first-order valence-corrected chi connectivity index (χ1v) is 8.72. The topological polar surface area (TPSA) is 49.4 Å². The Hall–Kier alpha value is -2.62. The van der Waals surface area contributed by atoms with E-state index in [0.29, 0.717) is 24.6 Å². The first kappa shape index (κ1) is 17.2. The second kappa shape index (κ2) is 7.09. The number of carbonyl (C=O) groups excluding carboxylic acids is 2. The summed E-state index contributed by atoms with van der Waals surface area (Å²) in [6.07, 6.45) is 0. The summed E-state index contributed by atoms with van der Waals surface area (Å²) in [5.74, 6) is 0.209. The standard InChI is InChI=1S/C21H24N2O2/c1-14(2)16-7-9-17(10-8-16)19-20(24)22-11-12-23(19)21(25)18-6-4-5-15(3)13-18/h4-10,13-14,19H,11-12H2,1-3H3,(H,22,24). The zero-order chi connectivity index (χ0) is 18.0. The highest BCUT2D eigenvalue weighted by atomic mass is 16.2. The summed E-state index contributed by atoms with van der Waals surface area (Å²) in [4.78, 5) is 27.2. The number of piperazine rings is 1. The fourth-order valence-electron chi connectivity index (χ4n) is 3.22. The molecule has 4 heteroatoms. The maximum absolute atomic E-state index is 13.0. The van der Waals surface area contributed by atoms with Crippen molar-refractivity contribution in [2.24, 2.45) is 0 Å². The van der Waals surface area contributed by atoms with Crippen molar-refractivity contribution in [1.82, 2.24) is 10.2 Å². The van der Waals surface area contributed by atoms with Crippen molar-refractivity contribution in [1.29, 1.82) is 0 Å². The van der Waals surface area contributed by atoms with E-state index in [4.69, 9.17) is 0 Å². The van der Waals surface area contributed by atoms with Gasteiger partial charge < -0.3 is 10.2 Å². The number of aryl methyl sites for hydroxylation is 1. The number of nitrogens with one attached hydrogen (secondary N) is 1. The van der Waals surface area contributed by atoms with Gasteiger partial charge in [0.25, 0.3) is 5.91 Å². The normalized spacial score (nSPS) is 17.5. The van der Waals surface area contributed by atoms with Gasteiger partial charge in [0, 0.05) is 18.7 Å². The fraction of sp³-hybridized carbons (Fsp3) is 0.333. The van der Waals surface area contributed by atoms with E-state index in [1.165, 1.54) is 5.56 Å². The average molecular weight is 336 g/mol. The van der Waals surface area contributed by atoms with Gasteiger partial charge in [0.15, 0.2) is 0 Å². The molecule has 4 nitrogen and oxygen atoms in total. The quantitative estimate of drug-likeness (QED) is 0.933. The molecule has 1 N–H and O–H groups in total. The van der Waals surface area contributed by atoms with Crippen LogP contribution in [-0.2, 0) is 4.79 Å². The minimum absolute atomic E-state index is 0.100. The third kappa shape index (κ3) is 3.58. The molecule has 0 aromatic heterocycles. The smallest absolute Gasteiger partial charge is 0.254 e. The first-order chi connectivity index (χ1) is 12.0. The Morgan fingerprint density at radius 3 is 2.52 bits per heavy atom. The van der Waals surface area contributed by atoms with E-state index in [-0.39, 0.29) is 11.8 Å². The van der Waals surface area contributed by atoms with Gasteiger partial charge in [-0.1, -0.05) is 55.8 Å². The molecule has 1 aliphatic rings. The molecule has 0 aliphatic carbocycles. The van der Waals surface area contributed by atoms with E-state index in [9.17, 15) is 9.59 Å². The lowest BCUT2D eigenvalue weighted by Gasteiger charge is -2.35. The summed E-state index contributed by atoms with van der Waals surface area (Å²) in [5, 5.41) is 2.88. The highest BCUT2D eigenvalue weighted by molar-refractivity contribution is 5.98. The summed E-state index contributed by atoms with van der Waals surface area (Å²) in [6, 6.07) is 14.9. The molecule has 1 aliphatic heterocycles. The van der Waals surface area contributed by atoms with Crippen molar-refractivity contribution in [3.05, 3.63) is 70.8 Å². The molecule has 25 heavy (non-hydrogen) atoms. The van der Waals surface area contributed by atoms with Gasteiger partial charge in [-0.3, -0.25) is 9.59 Å². The van der Waals surface area contributed by atoms with Crippen molar-refractivity contribution in [3.8, 4) is 0 Å². The lowest BCUT2D eigenvalue weighted by atomic mass is 9.96. The zero-order valence-corrected chi connectivity index (χ0v) is 15.0. The highest BCUT2D eigenvalue weighted by Gasteiger charge is 2.34. The number of nitrogens with zero attached hydrogens (tertiary/aromatic N) is 1. The number of benzene rings is 2. The van der Waals surface area contributed by atoms with Gasteiger partial charge in [0.1, 0.15) is 6.04 Å². The molecule has 0 spiro atoms. The minimum Gasteiger partial charge on any atom is -0.352 e. The van der Waals surface area contributed by atoms with Gasteiger partial charge in [0.05, 0.1) is 0 Å². The Morgan fingerprint density at radius 2 is 1.88 bits per heavy atom. The Kier molecular flexibility index (Phi) is 4.88. The van der Waals surface area contributed by atoms with Crippen molar-refractivity contribution < 1.29 is 9.59 Å². The number of rotatable bonds is 3. The van der Waals surface area contributed by atoms with Gasteiger partial charge in [-0.05, 0) is 36.1 Å². The zero-order valence-electron chi connectivity index (χ0n) is 15.0. The van der Waals surface area contributed by atoms with Gasteiger partial charge in [-0.2, -0.15) is 0 Å². The fourth-order valence-corrected chi connectivity index (χ4v) is 3.22. The van der Waals surface area contributed by atoms with Crippen LogP contribution in [-0.4, -0.2) is 29.8 Å². The Labute approximate surface area is 148 Å². The lowest BCUT2D eigenvalue weighted by Crippen LogP contribution is -2.52. The molecule has 2 aromatic rings. The monoisotopic (exact) mass is 336 g/mol. The average Bonchev–Trinajstić information content (AvgIpc) is 2.61. The van der Waals surface area contributed by atoms with Gasteiger partial charge >= 0.3 is 0 Å². The van der Waals surface area contributed by atoms with Crippen molar-refractivity contribution in [3.63, 3.8) is 0 Å². The molecule has 1 fully saturated rings. The van der Waals surface area contributed by atoms with Crippen LogP contribution in [0.15, 0.2) is 48.5 Å². The molecule has 0 radical (unpaired) electrons. The largest absolute Gasteiger partial charge is 0.352 e. The molecular weight excluding hydrogens is 312 g/mol. The van der Waals surface area contributed by atoms with Crippen molar-refractivity contribution >= 4 is 11.8 Å². The van der Waals surface area contributed by atoms with Crippen LogP contribution in [0.2, 0.25) is 0 Å². The van der Waals surface area contributed by atoms with Crippen LogP contribution in [0.4, 0.5) is 0 Å². The van der Waals surface area contributed by atoms with Gasteiger partial charge in [-0.15, -0.1) is 0 Å². The van der Waals surface area contributed by atoms with Crippen LogP contribution in [0.1, 0.15) is 52.9 Å². The number of hydrogen-bond acceptors (Lipinski definition) is 2. The molecule has 130 valence electrons. The second-order valence-corrected chi connectivity index (χ2v) is 6.88. The Balaban J connectivity index is 1.93. The maximum Gasteiger partial charge on any atom is 0.254 e. The van der Waals surface area contributed by atoms with Crippen LogP contribution in [0.5, 0.6) is 0 Å². The third-order valence-corrected chi connectivity index (χ3v) is 4.66. The van der Waals surface area contributed by atoms with Crippen molar-refractivity contribution in [2.75, 3.05) is 13.1 Å². The molecule has 1 atom stereocenters. The molecule has 0 bridgehead atoms. The molecule has 1 unspecified atom stereocenters. The van der Waals surface area contributed by atoms with Crippen LogP contribution in [0.25, 0.3) is 0 Å². The predicted octanol–water partition coefficient (Wildman–Crippen LogP) is 3.43. The summed E-state index contributed by atoms with van der Waals surface area (Å²) >= 11 is 0. The van der Waals surface area contributed by atoms with Gasteiger partial charge in [0.2, 0.25) is 5.91 Å². The Bertz CT molecular complexity index is 781. The molecule has 1 saturated heterocycles. The maximum atomic E-state index is 13.0. The molecule has 3 rings (SSSR count). The van der Waals surface area contributed by atoms with E-state index in [1.54, 1.807) is 11.0 Å². The number of carbonyl (C=O) groups is 2. The lowest BCUT2D eigenvalue weighted by molar-refractivity contribution is -0.128. The van der Waals surface area contributed by atoms with Crippen LogP contribution in [0, 0.1) is 6.92 Å². The van der Waals surface area contributed by atoms with E-state index >= 15 is 0 Å². The predicted molar refractivity (Wildman–Crippen MR) is 98.5 cm³/mol. The number of amides is 2. The third-order valence-electron chi connectivity index (χ3n) is 4.66. The molecule has 0 saturated carbocycles. The van der Waals surface area contributed by atoms with E-state index in [0.717, 1.165) is 11.1 Å². The summed E-state index contributed by atoms with van der Waals surface area (Å²) in [6.45, 7) is 7.22. The van der Waals surface area contributed by atoms with Crippen LogP contribution < -0.4 is 5.32 Å². The number of hydrogen-bond donors (Lipinski definition) is 1. The van der Waals surface area contributed by atoms with Crippen LogP contribution in [0.3, 0.4) is 0 Å². The van der Waals surface area contributed by atoms with E-state index in [2.05, 4.69) is 19.2 Å². The minimum atomic E-state index is -0.581. The first-order valence-electron chi connectivity index (χ1n) is 8.72. The Morgan fingerprint density at radius 1 is 1.16 bits per heavy atom. The summed E-state index contributed by atoms with van der Waals surface area (Å²) in [5.41, 5.74) is 3.72. The highest BCUT2D eigenvalue weighted by Crippen LogP contribution is 2.27. The van der Waals surface area contributed by atoms with E-state index < -0.39 is 6.04 Å². The SMILES string of the molecule is Cc1cccc(C(=O)N2CCNC(=O)C2c2ccc(C(C)C)cc2)c1. The van der Waals surface area contributed by atoms with Gasteiger partial charge in [-0.25, -0.2) is 0 Å². The summed E-state index contributed by atoms with van der Waals surface area (Å²) < 4.78 is 0. The molecule has 1 heterocycles. The van der Waals surface area contributed by atoms with Crippen LogP contribution >= 0.6 is 0 Å². The second-order valence-electron chi connectivity index (χ2n) is 6.88. The molecule has 2 aromatic carbocycles. The summed E-state index contributed by atoms with van der Waals surface area (Å²) in [7, 11) is 0. The van der Waals surface area contributed by atoms with E-state index in [1.807, 2.05) is 49.4 Å².